The SMILES string of the molecule is CCN(CCCNC(=O)[C@@H]1c2ccccc2C(=O)N(CCOC)[C@@H]1c1cccs1)Cc1ccccc1. The van der Waals surface area contributed by atoms with Crippen molar-refractivity contribution in [1.82, 2.24) is 15.1 Å². The van der Waals surface area contributed by atoms with Gasteiger partial charge in [0.15, 0.2) is 0 Å². The molecule has 0 fully saturated rings. The largest absolute Gasteiger partial charge is 0.383 e. The van der Waals surface area contributed by atoms with Crippen LogP contribution in [-0.2, 0) is 16.1 Å². The van der Waals surface area contributed by atoms with Crippen LogP contribution in [0.15, 0.2) is 72.1 Å². The maximum atomic E-state index is 13.7. The van der Waals surface area contributed by atoms with E-state index >= 15 is 0 Å². The number of benzene rings is 2. The third kappa shape index (κ3) is 6.03. The van der Waals surface area contributed by atoms with Gasteiger partial charge in [0, 0.05) is 43.7 Å². The van der Waals surface area contributed by atoms with Crippen molar-refractivity contribution in [2.75, 3.05) is 39.9 Å². The van der Waals surface area contributed by atoms with E-state index in [1.807, 2.05) is 47.8 Å². The lowest BCUT2D eigenvalue weighted by Crippen LogP contribution is -2.48. The van der Waals surface area contributed by atoms with Crippen molar-refractivity contribution in [3.05, 3.63) is 93.7 Å². The fourth-order valence-corrected chi connectivity index (χ4v) is 5.78. The molecule has 7 heteroatoms. The highest BCUT2D eigenvalue weighted by Gasteiger charge is 2.44. The van der Waals surface area contributed by atoms with Gasteiger partial charge in [-0.15, -0.1) is 11.3 Å². The quantitative estimate of drug-likeness (QED) is 0.363. The molecule has 0 saturated heterocycles. The van der Waals surface area contributed by atoms with Crippen LogP contribution in [0, 0.1) is 0 Å². The van der Waals surface area contributed by atoms with E-state index in [-0.39, 0.29) is 17.9 Å². The number of amides is 2. The Hall–Kier alpha value is -3.00. The number of ether oxygens (including phenoxy) is 1. The van der Waals surface area contributed by atoms with Crippen LogP contribution in [0.5, 0.6) is 0 Å². The highest BCUT2D eigenvalue weighted by Crippen LogP contribution is 2.44. The smallest absolute Gasteiger partial charge is 0.254 e. The second kappa shape index (κ2) is 12.8. The van der Waals surface area contributed by atoms with E-state index in [0.29, 0.717) is 25.3 Å². The first-order valence-electron chi connectivity index (χ1n) is 12.6. The van der Waals surface area contributed by atoms with Gasteiger partial charge in [0.05, 0.1) is 18.6 Å². The summed E-state index contributed by atoms with van der Waals surface area (Å²) in [5.74, 6) is -0.563. The van der Waals surface area contributed by atoms with Gasteiger partial charge in [0.25, 0.3) is 5.91 Å². The summed E-state index contributed by atoms with van der Waals surface area (Å²) in [4.78, 5) is 32.4. The second-order valence-corrected chi connectivity index (χ2v) is 9.99. The van der Waals surface area contributed by atoms with Crippen LogP contribution in [0.4, 0.5) is 0 Å². The molecule has 190 valence electrons. The molecule has 0 unspecified atom stereocenters. The summed E-state index contributed by atoms with van der Waals surface area (Å²) in [6.07, 6.45) is 0.858. The number of carbonyl (C=O) groups is 2. The van der Waals surface area contributed by atoms with Gasteiger partial charge in [-0.2, -0.15) is 0 Å². The maximum absolute atomic E-state index is 13.7. The molecule has 4 rings (SSSR count). The van der Waals surface area contributed by atoms with E-state index in [1.165, 1.54) is 5.56 Å². The van der Waals surface area contributed by atoms with Gasteiger partial charge in [-0.3, -0.25) is 14.5 Å². The van der Waals surface area contributed by atoms with Crippen molar-refractivity contribution in [3.8, 4) is 0 Å². The molecule has 3 aromatic rings. The first-order valence-corrected chi connectivity index (χ1v) is 13.5. The molecule has 6 nitrogen and oxygen atoms in total. The standard InChI is InChI=1S/C29H35N3O3S/c1-3-31(21-22-11-5-4-6-12-22)17-10-16-30-28(33)26-23-13-7-8-14-24(23)29(34)32(18-19-35-2)27(26)25-15-9-20-36-25/h4-9,11-15,20,26-27H,3,10,16-19,21H2,1-2H3,(H,30,33)/t26-,27-/m1/s1. The number of thiophene rings is 1. The summed E-state index contributed by atoms with van der Waals surface area (Å²) in [6.45, 7) is 6.36. The van der Waals surface area contributed by atoms with E-state index in [4.69, 9.17) is 4.74 Å². The highest BCUT2D eigenvalue weighted by atomic mass is 32.1. The van der Waals surface area contributed by atoms with Crippen molar-refractivity contribution < 1.29 is 14.3 Å². The van der Waals surface area contributed by atoms with Crippen molar-refractivity contribution in [3.63, 3.8) is 0 Å². The summed E-state index contributed by atoms with van der Waals surface area (Å²) in [5.41, 5.74) is 2.69. The number of hydrogen-bond acceptors (Lipinski definition) is 5. The number of nitrogens with zero attached hydrogens (tertiary/aromatic N) is 2. The van der Waals surface area contributed by atoms with Crippen LogP contribution >= 0.6 is 11.3 Å². The third-order valence-electron chi connectivity index (χ3n) is 6.74. The van der Waals surface area contributed by atoms with Crippen LogP contribution in [0.1, 0.15) is 51.7 Å². The molecule has 1 aliphatic heterocycles. The molecule has 2 aromatic carbocycles. The number of rotatable bonds is 12. The predicted octanol–water partition coefficient (Wildman–Crippen LogP) is 4.70. The van der Waals surface area contributed by atoms with Crippen LogP contribution in [0.3, 0.4) is 0 Å². The van der Waals surface area contributed by atoms with Crippen LogP contribution in [0.25, 0.3) is 0 Å². The normalized spacial score (nSPS) is 17.3. The van der Waals surface area contributed by atoms with Crippen molar-refractivity contribution in [2.45, 2.75) is 31.8 Å². The van der Waals surface area contributed by atoms with E-state index in [9.17, 15) is 9.59 Å². The zero-order valence-corrected chi connectivity index (χ0v) is 21.9. The summed E-state index contributed by atoms with van der Waals surface area (Å²) >= 11 is 1.58. The fourth-order valence-electron chi connectivity index (χ4n) is 4.90. The predicted molar refractivity (Wildman–Crippen MR) is 144 cm³/mol. The highest BCUT2D eigenvalue weighted by molar-refractivity contribution is 7.10. The number of fused-ring (bicyclic) bond motifs is 1. The second-order valence-electron chi connectivity index (χ2n) is 9.02. The minimum atomic E-state index is -0.471. The van der Waals surface area contributed by atoms with Crippen LogP contribution < -0.4 is 5.32 Å². The molecule has 1 aromatic heterocycles. The van der Waals surface area contributed by atoms with Crippen molar-refractivity contribution in [2.24, 2.45) is 0 Å². The molecule has 2 amide bonds. The number of nitrogens with one attached hydrogen (secondary N) is 1. The van der Waals surface area contributed by atoms with Gasteiger partial charge < -0.3 is 15.0 Å². The van der Waals surface area contributed by atoms with Gasteiger partial charge >= 0.3 is 0 Å². The Morgan fingerprint density at radius 2 is 1.86 bits per heavy atom. The number of hydrogen-bond donors (Lipinski definition) is 1. The Bertz CT molecular complexity index is 1120. The molecule has 0 radical (unpaired) electrons. The van der Waals surface area contributed by atoms with Gasteiger partial charge in [-0.25, -0.2) is 0 Å². The monoisotopic (exact) mass is 505 g/mol. The van der Waals surface area contributed by atoms with Gasteiger partial charge in [0.2, 0.25) is 5.91 Å². The van der Waals surface area contributed by atoms with Crippen molar-refractivity contribution >= 4 is 23.2 Å². The van der Waals surface area contributed by atoms with E-state index in [2.05, 4.69) is 41.4 Å². The van der Waals surface area contributed by atoms with Gasteiger partial charge in [-0.05, 0) is 41.6 Å². The maximum Gasteiger partial charge on any atom is 0.254 e. The molecule has 0 bridgehead atoms. The minimum absolute atomic E-state index is 0.0399. The molecule has 0 saturated carbocycles. The zero-order chi connectivity index (χ0) is 25.3. The summed E-state index contributed by atoms with van der Waals surface area (Å²) in [5, 5.41) is 5.19. The van der Waals surface area contributed by atoms with Crippen LogP contribution in [0.2, 0.25) is 0 Å². The van der Waals surface area contributed by atoms with E-state index < -0.39 is 5.92 Å². The lowest BCUT2D eigenvalue weighted by Gasteiger charge is -2.41. The first kappa shape index (κ1) is 26.1. The van der Waals surface area contributed by atoms with E-state index in [1.54, 1.807) is 23.3 Å². The Kier molecular flexibility index (Phi) is 9.28. The Morgan fingerprint density at radius 3 is 2.58 bits per heavy atom. The summed E-state index contributed by atoms with van der Waals surface area (Å²) in [6, 6.07) is 21.6. The van der Waals surface area contributed by atoms with Gasteiger partial charge in [0.1, 0.15) is 0 Å². The molecular weight excluding hydrogens is 470 g/mol. The lowest BCUT2D eigenvalue weighted by molar-refractivity contribution is -0.124. The molecule has 0 aliphatic carbocycles. The lowest BCUT2D eigenvalue weighted by atomic mass is 9.81. The average Bonchev–Trinajstić information content (AvgIpc) is 3.45. The first-order chi connectivity index (χ1) is 17.6. The fraction of sp³-hybridized carbons (Fsp3) is 0.379. The Labute approximate surface area is 217 Å². The molecule has 1 aliphatic rings. The molecule has 2 atom stereocenters. The van der Waals surface area contributed by atoms with Crippen molar-refractivity contribution in [1.29, 1.82) is 0 Å². The minimum Gasteiger partial charge on any atom is -0.383 e. The number of methoxy groups -OCH3 is 1. The summed E-state index contributed by atoms with van der Waals surface area (Å²) < 4.78 is 5.30. The number of carbonyl (C=O) groups excluding carboxylic acids is 2. The Morgan fingerprint density at radius 1 is 1.08 bits per heavy atom. The topological polar surface area (TPSA) is 61.9 Å². The third-order valence-corrected chi connectivity index (χ3v) is 7.68. The molecular formula is C29H35N3O3S. The van der Waals surface area contributed by atoms with Gasteiger partial charge in [-0.1, -0.05) is 61.5 Å². The molecule has 1 N–H and O–H groups in total. The Balaban J connectivity index is 1.48. The molecule has 0 spiro atoms. The van der Waals surface area contributed by atoms with E-state index in [0.717, 1.165) is 36.5 Å². The average molecular weight is 506 g/mol. The van der Waals surface area contributed by atoms with Crippen LogP contribution in [-0.4, -0.2) is 61.5 Å². The molecule has 36 heavy (non-hydrogen) atoms. The molecule has 2 heterocycles. The summed E-state index contributed by atoms with van der Waals surface area (Å²) in [7, 11) is 1.63. The zero-order valence-electron chi connectivity index (χ0n) is 21.1.